The number of anilines is 1. The van der Waals surface area contributed by atoms with Crippen LogP contribution in [0.5, 0.6) is 0 Å². The summed E-state index contributed by atoms with van der Waals surface area (Å²) in [6, 6.07) is 9.05. The molecule has 0 saturated carbocycles. The highest BCUT2D eigenvalue weighted by atomic mass is 127. The third kappa shape index (κ3) is 6.07. The van der Waals surface area contributed by atoms with Crippen LogP contribution >= 0.6 is 22.6 Å². The minimum absolute atomic E-state index is 1.18. The van der Waals surface area contributed by atoms with Gasteiger partial charge >= 0.3 is 0 Å². The Kier molecular flexibility index (Phi) is 8.47. The molecule has 0 aliphatic carbocycles. The zero-order valence-corrected chi connectivity index (χ0v) is 13.9. The minimum atomic E-state index is 1.18. The fraction of sp³-hybridized carbons (Fsp3) is 0.625. The first-order valence-electron chi connectivity index (χ1n) is 7.14. The van der Waals surface area contributed by atoms with E-state index in [4.69, 9.17) is 0 Å². The van der Waals surface area contributed by atoms with Gasteiger partial charge in [-0.2, -0.15) is 0 Å². The van der Waals surface area contributed by atoms with Crippen LogP contribution in [-0.2, 0) is 6.42 Å². The number of halogens is 1. The molecule has 0 amide bonds. The van der Waals surface area contributed by atoms with Gasteiger partial charge in [-0.05, 0) is 30.5 Å². The van der Waals surface area contributed by atoms with Crippen molar-refractivity contribution in [3.8, 4) is 0 Å². The molecule has 102 valence electrons. The van der Waals surface area contributed by atoms with E-state index < -0.39 is 0 Å². The summed E-state index contributed by atoms with van der Waals surface area (Å²) in [5.41, 5.74) is 2.80. The summed E-state index contributed by atoms with van der Waals surface area (Å²) >= 11 is 2.43. The lowest BCUT2D eigenvalue weighted by atomic mass is 10.1. The first-order chi connectivity index (χ1) is 8.77. The fourth-order valence-electron chi connectivity index (χ4n) is 2.11. The van der Waals surface area contributed by atoms with Crippen molar-refractivity contribution in [3.05, 3.63) is 29.8 Å². The van der Waals surface area contributed by atoms with Crippen LogP contribution in [0.25, 0.3) is 0 Å². The lowest BCUT2D eigenvalue weighted by Gasteiger charge is -2.19. The number of rotatable bonds is 9. The van der Waals surface area contributed by atoms with Crippen LogP contribution in [0.4, 0.5) is 5.69 Å². The van der Waals surface area contributed by atoms with Crippen molar-refractivity contribution in [2.75, 3.05) is 22.9 Å². The monoisotopic (exact) mass is 359 g/mol. The normalized spacial score (nSPS) is 10.6. The molecule has 0 fully saturated rings. The number of hydrogen-bond acceptors (Lipinski definition) is 1. The number of aryl methyl sites for hydroxylation is 1. The second kappa shape index (κ2) is 9.65. The van der Waals surface area contributed by atoms with Gasteiger partial charge in [0, 0.05) is 23.7 Å². The lowest BCUT2D eigenvalue weighted by Crippen LogP contribution is -2.18. The molecule has 1 aromatic rings. The Bertz CT molecular complexity index is 307. The number of nitrogens with zero attached hydrogens (tertiary/aromatic N) is 1. The van der Waals surface area contributed by atoms with E-state index in [1.807, 2.05) is 0 Å². The van der Waals surface area contributed by atoms with Crippen molar-refractivity contribution >= 4 is 28.3 Å². The van der Waals surface area contributed by atoms with Crippen molar-refractivity contribution in [2.24, 2.45) is 0 Å². The van der Waals surface area contributed by atoms with Crippen LogP contribution in [0.1, 0.15) is 44.6 Å². The molecule has 0 atom stereocenters. The van der Waals surface area contributed by atoms with Gasteiger partial charge < -0.3 is 4.90 Å². The van der Waals surface area contributed by atoms with E-state index in [0.29, 0.717) is 0 Å². The molecule has 0 radical (unpaired) electrons. The van der Waals surface area contributed by atoms with Gasteiger partial charge in [0.05, 0.1) is 0 Å². The molecular formula is C16H26IN. The molecule has 0 heterocycles. The van der Waals surface area contributed by atoms with E-state index in [1.54, 1.807) is 0 Å². The van der Waals surface area contributed by atoms with Crippen LogP contribution in [0.2, 0.25) is 0 Å². The fourth-order valence-corrected chi connectivity index (χ4v) is 2.73. The largest absolute Gasteiger partial charge is 0.375 e. The summed E-state index contributed by atoms with van der Waals surface area (Å²) < 4.78 is 1.20. The first-order valence-corrected chi connectivity index (χ1v) is 8.66. The average molecular weight is 359 g/mol. The van der Waals surface area contributed by atoms with E-state index in [0.717, 1.165) is 0 Å². The summed E-state index contributed by atoms with van der Waals surface area (Å²) in [5.74, 6) is 0. The second-order valence-electron chi connectivity index (χ2n) is 4.94. The van der Waals surface area contributed by atoms with E-state index >= 15 is 0 Å². The Morgan fingerprint density at radius 3 is 2.28 bits per heavy atom. The maximum absolute atomic E-state index is 2.43. The maximum atomic E-state index is 2.43. The molecule has 0 saturated heterocycles. The summed E-state index contributed by atoms with van der Waals surface area (Å²) in [6.07, 6.45) is 7.96. The maximum Gasteiger partial charge on any atom is 0.0363 e. The Balaban J connectivity index is 2.30. The predicted octanol–water partition coefficient (Wildman–Crippen LogP) is 5.07. The van der Waals surface area contributed by atoms with Crippen LogP contribution < -0.4 is 4.90 Å². The molecule has 18 heavy (non-hydrogen) atoms. The second-order valence-corrected chi connectivity index (χ2v) is 6.02. The van der Waals surface area contributed by atoms with Crippen molar-refractivity contribution < 1.29 is 0 Å². The van der Waals surface area contributed by atoms with Gasteiger partial charge in [0.25, 0.3) is 0 Å². The molecule has 1 aromatic carbocycles. The first kappa shape index (κ1) is 15.8. The highest BCUT2D eigenvalue weighted by molar-refractivity contribution is 14.1. The highest BCUT2D eigenvalue weighted by Gasteiger charge is 2.00. The molecule has 1 rings (SSSR count). The number of unbranched alkanes of at least 4 members (excludes halogenated alkanes) is 4. The van der Waals surface area contributed by atoms with Gasteiger partial charge in [-0.3, -0.25) is 0 Å². The smallest absolute Gasteiger partial charge is 0.0363 e. The van der Waals surface area contributed by atoms with Gasteiger partial charge in [0.15, 0.2) is 0 Å². The average Bonchev–Trinajstić information content (AvgIpc) is 2.39. The standard InChI is InChI=1S/C16H26IN/c1-3-4-5-6-7-14-18(2)16-10-8-15(9-11-16)12-13-17/h8-11H,3-7,12-14H2,1-2H3. The van der Waals surface area contributed by atoms with Crippen LogP contribution in [0, 0.1) is 0 Å². The van der Waals surface area contributed by atoms with Gasteiger partial charge in [0.2, 0.25) is 0 Å². The Morgan fingerprint density at radius 2 is 1.67 bits per heavy atom. The third-order valence-electron chi connectivity index (χ3n) is 3.36. The quantitative estimate of drug-likeness (QED) is 0.338. The molecule has 0 aromatic heterocycles. The topological polar surface area (TPSA) is 3.24 Å². The molecule has 0 bridgehead atoms. The Labute approximate surface area is 126 Å². The third-order valence-corrected chi connectivity index (χ3v) is 3.90. The molecule has 1 nitrogen and oxygen atoms in total. The number of hydrogen-bond donors (Lipinski definition) is 0. The highest BCUT2D eigenvalue weighted by Crippen LogP contribution is 2.15. The van der Waals surface area contributed by atoms with E-state index in [1.165, 1.54) is 60.7 Å². The van der Waals surface area contributed by atoms with Gasteiger partial charge in [-0.1, -0.05) is 67.3 Å². The molecule has 0 unspecified atom stereocenters. The zero-order valence-electron chi connectivity index (χ0n) is 11.8. The molecule has 0 aliphatic rings. The zero-order chi connectivity index (χ0) is 13.2. The summed E-state index contributed by atoms with van der Waals surface area (Å²) in [7, 11) is 2.20. The number of alkyl halides is 1. The Morgan fingerprint density at radius 1 is 1.00 bits per heavy atom. The van der Waals surface area contributed by atoms with Crippen molar-refractivity contribution in [1.82, 2.24) is 0 Å². The Hall–Kier alpha value is -0.250. The summed E-state index contributed by atoms with van der Waals surface area (Å²) in [6.45, 7) is 3.44. The molecule has 2 heteroatoms. The summed E-state index contributed by atoms with van der Waals surface area (Å²) in [4.78, 5) is 2.37. The van der Waals surface area contributed by atoms with E-state index in [2.05, 4.69) is 65.7 Å². The van der Waals surface area contributed by atoms with Crippen LogP contribution in [0.3, 0.4) is 0 Å². The predicted molar refractivity (Wildman–Crippen MR) is 91.1 cm³/mol. The SMILES string of the molecule is CCCCCCCN(C)c1ccc(CCI)cc1. The van der Waals surface area contributed by atoms with Gasteiger partial charge in [0.1, 0.15) is 0 Å². The molecule has 0 spiro atoms. The van der Waals surface area contributed by atoms with Crippen LogP contribution in [-0.4, -0.2) is 18.0 Å². The van der Waals surface area contributed by atoms with Gasteiger partial charge in [-0.15, -0.1) is 0 Å². The lowest BCUT2D eigenvalue weighted by molar-refractivity contribution is 0.629. The van der Waals surface area contributed by atoms with Gasteiger partial charge in [-0.25, -0.2) is 0 Å². The van der Waals surface area contributed by atoms with Crippen molar-refractivity contribution in [1.29, 1.82) is 0 Å². The molecule has 0 N–H and O–H groups in total. The minimum Gasteiger partial charge on any atom is -0.375 e. The van der Waals surface area contributed by atoms with E-state index in [9.17, 15) is 0 Å². The molecule has 0 aliphatic heterocycles. The van der Waals surface area contributed by atoms with Crippen molar-refractivity contribution in [3.63, 3.8) is 0 Å². The molecular weight excluding hydrogens is 333 g/mol. The van der Waals surface area contributed by atoms with Crippen molar-refractivity contribution in [2.45, 2.75) is 45.4 Å². The van der Waals surface area contributed by atoms with Crippen LogP contribution in [0.15, 0.2) is 24.3 Å². The summed E-state index contributed by atoms with van der Waals surface area (Å²) in [5, 5.41) is 0. The number of benzene rings is 1. The van der Waals surface area contributed by atoms with E-state index in [-0.39, 0.29) is 0 Å².